The first kappa shape index (κ1) is 41.2. The number of aromatic nitrogens is 4. The minimum Gasteiger partial charge on any atom is -0.453 e. The molecule has 5 heterocycles. The average molecular weight is 809 g/mol. The summed E-state index contributed by atoms with van der Waals surface area (Å²) in [5, 5.41) is 15.9. The Morgan fingerprint density at radius 2 is 1.53 bits per heavy atom. The molecule has 3 saturated heterocycles. The molecule has 16 nitrogen and oxygen atoms in total. The number of aliphatic hydroxyl groups is 1. The Morgan fingerprint density at radius 1 is 0.881 bits per heavy atom. The third kappa shape index (κ3) is 8.76. The summed E-state index contributed by atoms with van der Waals surface area (Å²) in [6.07, 6.45) is 2.30. The molecule has 2 aromatic heterocycles. The van der Waals surface area contributed by atoms with Crippen molar-refractivity contribution in [3.8, 4) is 23.1 Å². The summed E-state index contributed by atoms with van der Waals surface area (Å²) >= 11 is 0. The Labute approximate surface area is 342 Å². The number of nitrogens with one attached hydrogen (secondary N) is 4. The molecule has 6 atom stereocenters. The highest BCUT2D eigenvalue weighted by Gasteiger charge is 2.51. The highest BCUT2D eigenvalue weighted by Crippen LogP contribution is 2.45. The maximum atomic E-state index is 14.0. The second kappa shape index (κ2) is 17.1. The molecule has 4 amide bonds. The molecule has 7 rings (SSSR count). The number of ether oxygens (including phenoxy) is 3. The summed E-state index contributed by atoms with van der Waals surface area (Å²) in [6, 6.07) is 11.0. The van der Waals surface area contributed by atoms with E-state index in [0.29, 0.717) is 37.6 Å². The molecule has 3 fully saturated rings. The van der Waals surface area contributed by atoms with Crippen LogP contribution in [0.5, 0.6) is 0 Å². The minimum atomic E-state index is -0.820. The Morgan fingerprint density at radius 3 is 2.15 bits per heavy atom. The molecule has 2 aromatic carbocycles. The number of benzene rings is 2. The van der Waals surface area contributed by atoms with Gasteiger partial charge in [-0.3, -0.25) is 9.59 Å². The van der Waals surface area contributed by atoms with Crippen LogP contribution in [0, 0.1) is 23.7 Å². The number of carbonyl (C=O) groups excluding carboxylic acids is 4. The number of aromatic amines is 2. The third-order valence-corrected chi connectivity index (χ3v) is 11.5. The minimum absolute atomic E-state index is 0.125. The van der Waals surface area contributed by atoms with Gasteiger partial charge in [0, 0.05) is 37.1 Å². The average Bonchev–Trinajstić information content (AvgIpc) is 4.08. The summed E-state index contributed by atoms with van der Waals surface area (Å²) in [4.78, 5) is 71.4. The fraction of sp³-hybridized carbons (Fsp3) is 0.488. The van der Waals surface area contributed by atoms with Crippen molar-refractivity contribution >= 4 is 35.0 Å². The number of carbonyl (C=O) groups is 4. The molecular formula is C43H52N8O8. The molecule has 5 N–H and O–H groups in total. The van der Waals surface area contributed by atoms with Crippen molar-refractivity contribution in [3.63, 3.8) is 0 Å². The fourth-order valence-electron chi connectivity index (χ4n) is 8.33. The van der Waals surface area contributed by atoms with Crippen LogP contribution in [0.4, 0.5) is 9.59 Å². The molecule has 3 aliphatic rings. The molecule has 0 saturated carbocycles. The van der Waals surface area contributed by atoms with Gasteiger partial charge >= 0.3 is 12.2 Å². The van der Waals surface area contributed by atoms with Crippen molar-refractivity contribution in [2.24, 2.45) is 11.8 Å². The second-order valence-corrected chi connectivity index (χ2v) is 16.3. The van der Waals surface area contributed by atoms with Crippen LogP contribution in [0.15, 0.2) is 48.7 Å². The summed E-state index contributed by atoms with van der Waals surface area (Å²) < 4.78 is 15.8. The molecule has 1 spiro atoms. The molecule has 0 radical (unpaired) electrons. The van der Waals surface area contributed by atoms with Gasteiger partial charge in [0.2, 0.25) is 11.8 Å². The number of likely N-dealkylation sites (tertiary alicyclic amines) is 2. The van der Waals surface area contributed by atoms with E-state index in [-0.39, 0.29) is 36.2 Å². The van der Waals surface area contributed by atoms with Gasteiger partial charge < -0.3 is 49.7 Å². The summed E-state index contributed by atoms with van der Waals surface area (Å²) in [7, 11) is 2.53. The maximum absolute atomic E-state index is 14.0. The SMILES string of the molecule is COC(=O)N[C@H](C(=O)N1C[C@@H](O)C[C@H]1c1ncc(-c2ccc(C#Cc3ccc4nc([C@@H]5C[C@@]6(CCCO6)CN5C(=O)[C@@H](NC(=O)OC)C(C)C)[nH]c4c3)cc2)[nH]1)C(C)C. The van der Waals surface area contributed by atoms with Crippen molar-refractivity contribution in [2.75, 3.05) is 33.9 Å². The Balaban J connectivity index is 1.05. The van der Waals surface area contributed by atoms with Gasteiger partial charge in [-0.05, 0) is 60.6 Å². The van der Waals surface area contributed by atoms with Crippen LogP contribution in [0.25, 0.3) is 22.3 Å². The topological polar surface area (TPSA) is 204 Å². The lowest BCUT2D eigenvalue weighted by Gasteiger charge is -2.30. The van der Waals surface area contributed by atoms with Crippen molar-refractivity contribution in [3.05, 3.63) is 71.4 Å². The van der Waals surface area contributed by atoms with Crippen LogP contribution in [-0.2, 0) is 23.8 Å². The second-order valence-electron chi connectivity index (χ2n) is 16.3. The van der Waals surface area contributed by atoms with E-state index in [4.69, 9.17) is 19.2 Å². The highest BCUT2D eigenvalue weighted by atomic mass is 16.5. The van der Waals surface area contributed by atoms with Gasteiger partial charge in [-0.1, -0.05) is 51.7 Å². The van der Waals surface area contributed by atoms with Gasteiger partial charge in [0.05, 0.1) is 67.5 Å². The number of amides is 4. The van der Waals surface area contributed by atoms with E-state index >= 15 is 0 Å². The number of fused-ring (bicyclic) bond motifs is 1. The number of imidazole rings is 2. The number of H-pyrrole nitrogens is 2. The lowest BCUT2D eigenvalue weighted by molar-refractivity contribution is -0.136. The summed E-state index contributed by atoms with van der Waals surface area (Å²) in [5.41, 5.74) is 4.28. The van der Waals surface area contributed by atoms with Crippen LogP contribution >= 0.6 is 0 Å². The first-order chi connectivity index (χ1) is 28.3. The van der Waals surface area contributed by atoms with Crippen LogP contribution in [0.3, 0.4) is 0 Å². The van der Waals surface area contributed by atoms with Crippen LogP contribution in [-0.4, -0.2) is 117 Å². The van der Waals surface area contributed by atoms with Crippen LogP contribution in [0.1, 0.15) is 88.2 Å². The third-order valence-electron chi connectivity index (χ3n) is 11.5. The molecule has 3 aliphatic heterocycles. The van der Waals surface area contributed by atoms with Crippen molar-refractivity contribution < 1.29 is 38.5 Å². The zero-order valence-electron chi connectivity index (χ0n) is 34.2. The lowest BCUT2D eigenvalue weighted by Crippen LogP contribution is -2.51. The molecule has 4 aromatic rings. The molecule has 312 valence electrons. The van der Waals surface area contributed by atoms with Crippen LogP contribution in [0.2, 0.25) is 0 Å². The zero-order valence-corrected chi connectivity index (χ0v) is 34.2. The number of methoxy groups -OCH3 is 2. The van der Waals surface area contributed by atoms with Gasteiger partial charge in [-0.15, -0.1) is 0 Å². The normalized spacial score (nSPS) is 22.4. The molecule has 0 bridgehead atoms. The van der Waals surface area contributed by atoms with E-state index < -0.39 is 42.0 Å². The molecular weight excluding hydrogens is 757 g/mol. The van der Waals surface area contributed by atoms with Crippen molar-refractivity contribution in [1.29, 1.82) is 0 Å². The number of hydrogen-bond acceptors (Lipinski definition) is 10. The Bertz CT molecular complexity index is 2250. The molecule has 0 unspecified atom stereocenters. The van der Waals surface area contributed by atoms with E-state index in [1.54, 1.807) is 16.0 Å². The summed E-state index contributed by atoms with van der Waals surface area (Å²) in [5.74, 6) is 6.80. The molecule has 0 aliphatic carbocycles. The Kier molecular flexibility index (Phi) is 12.0. The van der Waals surface area contributed by atoms with Gasteiger partial charge in [0.1, 0.15) is 23.7 Å². The molecule has 59 heavy (non-hydrogen) atoms. The van der Waals surface area contributed by atoms with E-state index in [1.807, 2.05) is 70.2 Å². The predicted molar refractivity (Wildman–Crippen MR) is 216 cm³/mol. The van der Waals surface area contributed by atoms with Gasteiger partial charge in [0.15, 0.2) is 0 Å². The van der Waals surface area contributed by atoms with Crippen molar-refractivity contribution in [1.82, 2.24) is 40.4 Å². The van der Waals surface area contributed by atoms with E-state index in [2.05, 4.69) is 37.4 Å². The Hall–Kier alpha value is -5.92. The number of β-amino-alcohol motifs (C(OH)–C–C–N with tert-alkyl or cyclic N) is 1. The highest BCUT2D eigenvalue weighted by molar-refractivity contribution is 5.87. The van der Waals surface area contributed by atoms with Gasteiger partial charge in [0.25, 0.3) is 0 Å². The van der Waals surface area contributed by atoms with E-state index in [9.17, 15) is 24.3 Å². The largest absolute Gasteiger partial charge is 0.453 e. The first-order valence-electron chi connectivity index (χ1n) is 20.1. The fourth-order valence-corrected chi connectivity index (χ4v) is 8.33. The predicted octanol–water partition coefficient (Wildman–Crippen LogP) is 4.57. The number of alkyl carbamates (subject to hydrolysis) is 2. The number of nitrogens with zero attached hydrogens (tertiary/aromatic N) is 4. The lowest BCUT2D eigenvalue weighted by atomic mass is 9.96. The monoisotopic (exact) mass is 808 g/mol. The smallest absolute Gasteiger partial charge is 0.407 e. The van der Waals surface area contributed by atoms with Gasteiger partial charge in [-0.25, -0.2) is 19.6 Å². The van der Waals surface area contributed by atoms with E-state index in [0.717, 1.165) is 46.3 Å². The van der Waals surface area contributed by atoms with Gasteiger partial charge in [-0.2, -0.15) is 0 Å². The summed E-state index contributed by atoms with van der Waals surface area (Å²) in [6.45, 7) is 8.63. The number of aliphatic hydroxyl groups excluding tert-OH is 1. The van der Waals surface area contributed by atoms with Crippen LogP contribution < -0.4 is 10.6 Å². The standard InChI is InChI=1S/C43H52N8O8/c1-24(2)35(48-41(55)57-5)39(53)50-22-29(52)19-33(50)37-44-21-32(47-37)28-13-10-26(11-14-28)8-9-27-12-15-30-31(18-27)46-38(45-30)34-20-43(16-7-17-59-43)23-51(34)40(54)36(25(3)4)49-42(56)58-6/h10-15,18,21,24-25,29,33-36,52H,7,16-17,19-20,22-23H2,1-6H3,(H,44,47)(H,45,46)(H,48,55)(H,49,56)/t29-,33-,34-,35-,36-,43-/m0/s1. The zero-order chi connectivity index (χ0) is 42.0. The quantitative estimate of drug-likeness (QED) is 0.149. The molecule has 16 heteroatoms. The van der Waals surface area contributed by atoms with Crippen molar-refractivity contribution in [2.45, 2.75) is 89.3 Å². The van der Waals surface area contributed by atoms with E-state index in [1.165, 1.54) is 14.2 Å². The number of rotatable bonds is 9. The first-order valence-corrected chi connectivity index (χ1v) is 20.1. The maximum Gasteiger partial charge on any atom is 0.407 e. The number of hydrogen-bond donors (Lipinski definition) is 5.